The molecular formula is C11H16N2OS. The van der Waals surface area contributed by atoms with E-state index >= 15 is 0 Å². The summed E-state index contributed by atoms with van der Waals surface area (Å²) in [4.78, 5) is 17.3. The number of carbonyl (C=O) groups is 1. The highest BCUT2D eigenvalue weighted by molar-refractivity contribution is 7.13. The highest BCUT2D eigenvalue weighted by Gasteiger charge is 2.20. The Kier molecular flexibility index (Phi) is 3.17. The van der Waals surface area contributed by atoms with E-state index < -0.39 is 0 Å². The zero-order valence-electron chi connectivity index (χ0n) is 9.17. The number of carbonyl (C=O) groups excluding carboxylic acids is 1. The van der Waals surface area contributed by atoms with Crippen LogP contribution < -0.4 is 5.32 Å². The van der Waals surface area contributed by atoms with Crippen LogP contribution >= 0.6 is 11.3 Å². The Labute approximate surface area is 93.9 Å². The second kappa shape index (κ2) is 4.41. The van der Waals surface area contributed by atoms with Crippen molar-refractivity contribution in [3.8, 4) is 0 Å². The van der Waals surface area contributed by atoms with Crippen molar-refractivity contribution < 1.29 is 4.79 Å². The van der Waals surface area contributed by atoms with Crippen LogP contribution in [0.15, 0.2) is 0 Å². The molecule has 1 fully saturated rings. The quantitative estimate of drug-likeness (QED) is 0.799. The van der Waals surface area contributed by atoms with Crippen LogP contribution in [0, 0.1) is 13.8 Å². The number of hydrogen-bond donors (Lipinski definition) is 1. The normalized spacial score (nSPS) is 20.8. The third kappa shape index (κ3) is 2.44. The van der Waals surface area contributed by atoms with Gasteiger partial charge in [-0.05, 0) is 33.2 Å². The van der Waals surface area contributed by atoms with E-state index in [-0.39, 0.29) is 5.78 Å². The molecule has 0 bridgehead atoms. The minimum Gasteiger partial charge on any atom is -0.314 e. The van der Waals surface area contributed by atoms with E-state index in [0.29, 0.717) is 17.5 Å². The molecule has 0 aliphatic carbocycles. The average molecular weight is 224 g/mol. The lowest BCUT2D eigenvalue weighted by Crippen LogP contribution is -2.24. The Morgan fingerprint density at radius 2 is 2.40 bits per heavy atom. The van der Waals surface area contributed by atoms with E-state index in [1.165, 1.54) is 17.8 Å². The van der Waals surface area contributed by atoms with Gasteiger partial charge in [0.2, 0.25) is 0 Å². The summed E-state index contributed by atoms with van der Waals surface area (Å²) < 4.78 is 0. The number of Topliss-reactive ketones (excluding diaryl/α,β-unsaturated/α-hetero) is 1. The fourth-order valence-electron chi connectivity index (χ4n) is 1.83. The number of rotatable bonds is 3. The average Bonchev–Trinajstić information content (AvgIpc) is 2.78. The van der Waals surface area contributed by atoms with Gasteiger partial charge in [-0.15, -0.1) is 11.3 Å². The summed E-state index contributed by atoms with van der Waals surface area (Å²) >= 11 is 1.52. The van der Waals surface area contributed by atoms with Crippen molar-refractivity contribution in [3.05, 3.63) is 15.6 Å². The van der Waals surface area contributed by atoms with Crippen molar-refractivity contribution in [2.75, 3.05) is 6.54 Å². The van der Waals surface area contributed by atoms with Crippen LogP contribution in [-0.4, -0.2) is 23.4 Å². The molecule has 0 saturated carbocycles. The zero-order valence-corrected chi connectivity index (χ0v) is 9.99. The van der Waals surface area contributed by atoms with Crippen molar-refractivity contribution in [2.45, 2.75) is 39.2 Å². The second-order valence-corrected chi connectivity index (χ2v) is 5.28. The van der Waals surface area contributed by atoms with Crippen LogP contribution in [0.4, 0.5) is 0 Å². The summed E-state index contributed by atoms with van der Waals surface area (Å²) in [6, 6.07) is 0.377. The highest BCUT2D eigenvalue weighted by atomic mass is 32.1. The minimum absolute atomic E-state index is 0.190. The van der Waals surface area contributed by atoms with Crippen molar-refractivity contribution in [2.24, 2.45) is 0 Å². The number of hydrogen-bond acceptors (Lipinski definition) is 4. The topological polar surface area (TPSA) is 42.0 Å². The maximum atomic E-state index is 11.9. The van der Waals surface area contributed by atoms with Gasteiger partial charge >= 0.3 is 0 Å². The van der Waals surface area contributed by atoms with Gasteiger partial charge < -0.3 is 5.32 Å². The van der Waals surface area contributed by atoms with Crippen molar-refractivity contribution >= 4 is 17.1 Å². The largest absolute Gasteiger partial charge is 0.314 e. The van der Waals surface area contributed by atoms with Gasteiger partial charge in [-0.3, -0.25) is 4.79 Å². The maximum absolute atomic E-state index is 11.9. The fraction of sp³-hybridized carbons (Fsp3) is 0.636. The Morgan fingerprint density at radius 1 is 1.60 bits per heavy atom. The van der Waals surface area contributed by atoms with Crippen LogP contribution in [0.25, 0.3) is 0 Å². The molecule has 0 radical (unpaired) electrons. The highest BCUT2D eigenvalue weighted by Crippen LogP contribution is 2.19. The first-order valence-electron chi connectivity index (χ1n) is 5.37. The SMILES string of the molecule is Cc1nc(C(=O)CC2CCCN2)sc1C. The van der Waals surface area contributed by atoms with E-state index in [4.69, 9.17) is 0 Å². The third-order valence-electron chi connectivity index (χ3n) is 2.86. The number of thiazole rings is 1. The predicted molar refractivity (Wildman–Crippen MR) is 61.6 cm³/mol. The molecule has 1 aromatic rings. The van der Waals surface area contributed by atoms with E-state index in [0.717, 1.165) is 23.5 Å². The van der Waals surface area contributed by atoms with E-state index in [1.54, 1.807) is 0 Å². The van der Waals surface area contributed by atoms with Crippen LogP contribution in [0.2, 0.25) is 0 Å². The Hall–Kier alpha value is -0.740. The van der Waals surface area contributed by atoms with Gasteiger partial charge in [0.25, 0.3) is 0 Å². The van der Waals surface area contributed by atoms with Gasteiger partial charge in [0.1, 0.15) is 0 Å². The number of aryl methyl sites for hydroxylation is 2. The first kappa shape index (κ1) is 10.8. The Morgan fingerprint density at radius 3 is 2.93 bits per heavy atom. The lowest BCUT2D eigenvalue weighted by molar-refractivity contribution is 0.0971. The predicted octanol–water partition coefficient (Wildman–Crippen LogP) is 2.08. The van der Waals surface area contributed by atoms with E-state index in [2.05, 4.69) is 10.3 Å². The van der Waals surface area contributed by atoms with E-state index in [9.17, 15) is 4.79 Å². The molecule has 1 unspecified atom stereocenters. The van der Waals surface area contributed by atoms with Gasteiger partial charge in [0.05, 0.1) is 5.69 Å². The molecule has 2 heterocycles. The lowest BCUT2D eigenvalue weighted by atomic mass is 10.1. The van der Waals surface area contributed by atoms with Gasteiger partial charge in [0, 0.05) is 17.3 Å². The molecule has 1 aliphatic rings. The number of nitrogens with one attached hydrogen (secondary N) is 1. The Bertz CT molecular complexity index is 347. The summed E-state index contributed by atoms with van der Waals surface area (Å²) in [6.45, 7) is 5.02. The van der Waals surface area contributed by atoms with Gasteiger partial charge in [-0.25, -0.2) is 4.98 Å². The molecule has 0 amide bonds. The zero-order chi connectivity index (χ0) is 10.8. The number of ketones is 1. The van der Waals surface area contributed by atoms with E-state index in [1.807, 2.05) is 13.8 Å². The third-order valence-corrected chi connectivity index (χ3v) is 3.98. The van der Waals surface area contributed by atoms with Crippen LogP contribution in [0.1, 0.15) is 39.6 Å². The molecule has 1 aliphatic heterocycles. The minimum atomic E-state index is 0.190. The molecule has 0 aromatic carbocycles. The van der Waals surface area contributed by atoms with Gasteiger partial charge in [-0.2, -0.15) is 0 Å². The van der Waals surface area contributed by atoms with Crippen LogP contribution in [-0.2, 0) is 0 Å². The molecule has 0 spiro atoms. The molecule has 1 aromatic heterocycles. The molecule has 3 nitrogen and oxygen atoms in total. The number of nitrogens with zero attached hydrogens (tertiary/aromatic N) is 1. The molecule has 4 heteroatoms. The maximum Gasteiger partial charge on any atom is 0.192 e. The van der Waals surface area contributed by atoms with Crippen molar-refractivity contribution in [1.29, 1.82) is 0 Å². The van der Waals surface area contributed by atoms with Crippen molar-refractivity contribution in [3.63, 3.8) is 0 Å². The molecule has 1 atom stereocenters. The summed E-state index contributed by atoms with van der Waals surface area (Å²) in [7, 11) is 0. The molecule has 1 N–H and O–H groups in total. The molecule has 1 saturated heterocycles. The van der Waals surface area contributed by atoms with Gasteiger partial charge in [0.15, 0.2) is 10.8 Å². The fourth-order valence-corrected chi connectivity index (χ4v) is 2.70. The summed E-state index contributed by atoms with van der Waals surface area (Å²) in [5.41, 5.74) is 0.989. The first-order chi connectivity index (χ1) is 7.16. The summed E-state index contributed by atoms with van der Waals surface area (Å²) in [6.07, 6.45) is 2.91. The molecule has 2 rings (SSSR count). The Balaban J connectivity index is 2.00. The molecule has 82 valence electrons. The smallest absolute Gasteiger partial charge is 0.192 e. The molecular weight excluding hydrogens is 208 g/mol. The summed E-state index contributed by atoms with van der Waals surface area (Å²) in [5, 5.41) is 4.01. The first-order valence-corrected chi connectivity index (χ1v) is 6.19. The monoisotopic (exact) mass is 224 g/mol. The van der Waals surface area contributed by atoms with Crippen LogP contribution in [0.5, 0.6) is 0 Å². The summed E-state index contributed by atoms with van der Waals surface area (Å²) in [5.74, 6) is 0.190. The lowest BCUT2D eigenvalue weighted by Gasteiger charge is -2.06. The van der Waals surface area contributed by atoms with Crippen molar-refractivity contribution in [1.82, 2.24) is 10.3 Å². The van der Waals surface area contributed by atoms with Gasteiger partial charge in [-0.1, -0.05) is 0 Å². The molecule has 15 heavy (non-hydrogen) atoms. The number of aromatic nitrogens is 1. The van der Waals surface area contributed by atoms with Crippen LogP contribution in [0.3, 0.4) is 0 Å². The second-order valence-electron chi connectivity index (χ2n) is 4.08. The standard InChI is InChI=1S/C11H16N2OS/c1-7-8(2)15-11(13-7)10(14)6-9-4-3-5-12-9/h9,12H,3-6H2,1-2H3.